The van der Waals surface area contributed by atoms with Crippen LogP contribution in [0.5, 0.6) is 0 Å². The van der Waals surface area contributed by atoms with Gasteiger partial charge < -0.3 is 14.9 Å². The van der Waals surface area contributed by atoms with Crippen LogP contribution in [0.3, 0.4) is 0 Å². The Balaban J connectivity index is 2.02. The van der Waals surface area contributed by atoms with E-state index in [4.69, 9.17) is 9.63 Å². The summed E-state index contributed by atoms with van der Waals surface area (Å²) in [4.78, 5) is 19.2. The van der Waals surface area contributed by atoms with Gasteiger partial charge in [-0.2, -0.15) is 4.98 Å². The quantitative estimate of drug-likeness (QED) is 0.810. The highest BCUT2D eigenvalue weighted by atomic mass is 16.5. The van der Waals surface area contributed by atoms with Crippen molar-refractivity contribution in [3.8, 4) is 0 Å². The van der Waals surface area contributed by atoms with Crippen molar-refractivity contribution in [3.63, 3.8) is 0 Å². The van der Waals surface area contributed by atoms with Crippen LogP contribution in [0.1, 0.15) is 28.9 Å². The van der Waals surface area contributed by atoms with Gasteiger partial charge in [-0.1, -0.05) is 12.1 Å². The number of carboxylic acid groups (broad SMARTS) is 1. The number of hydrogen-bond donors (Lipinski definition) is 2. The van der Waals surface area contributed by atoms with Gasteiger partial charge in [-0.25, -0.2) is 9.78 Å². The third-order valence-corrected chi connectivity index (χ3v) is 2.54. The Labute approximate surface area is 109 Å². The van der Waals surface area contributed by atoms with Gasteiger partial charge in [-0.05, 0) is 18.6 Å². The van der Waals surface area contributed by atoms with Gasteiger partial charge in [0.1, 0.15) is 5.82 Å². The van der Waals surface area contributed by atoms with Crippen molar-refractivity contribution < 1.29 is 14.4 Å². The lowest BCUT2D eigenvalue weighted by Gasteiger charge is -2.07. The minimum Gasteiger partial charge on any atom is -0.478 e. The molecule has 0 aliphatic rings. The summed E-state index contributed by atoms with van der Waals surface area (Å²) >= 11 is 0. The Kier molecular flexibility index (Phi) is 4.07. The molecular weight excluding hydrogens is 248 g/mol. The lowest BCUT2D eigenvalue weighted by atomic mass is 10.2. The van der Waals surface area contributed by atoms with E-state index < -0.39 is 5.97 Å². The average molecular weight is 262 g/mol. The third-order valence-electron chi connectivity index (χ3n) is 2.54. The molecule has 0 saturated carbocycles. The van der Waals surface area contributed by atoms with Crippen LogP contribution in [0.15, 0.2) is 23.0 Å². The second-order valence-corrected chi connectivity index (χ2v) is 3.90. The zero-order valence-corrected chi connectivity index (χ0v) is 10.5. The molecule has 100 valence electrons. The summed E-state index contributed by atoms with van der Waals surface area (Å²) in [5.74, 6) is 0.103. The number of anilines is 1. The number of aromatic nitrogens is 3. The molecule has 0 spiro atoms. The molecule has 0 aliphatic heterocycles. The van der Waals surface area contributed by atoms with Crippen molar-refractivity contribution in [2.24, 2.45) is 0 Å². The predicted molar refractivity (Wildman–Crippen MR) is 67.1 cm³/mol. The Bertz CT molecular complexity index is 554. The van der Waals surface area contributed by atoms with Gasteiger partial charge in [0.25, 0.3) is 0 Å². The number of aromatic carboxylic acids is 1. The third kappa shape index (κ3) is 3.51. The first-order valence-electron chi connectivity index (χ1n) is 5.92. The molecule has 0 atom stereocenters. The molecule has 2 N–H and O–H groups in total. The summed E-state index contributed by atoms with van der Waals surface area (Å²) in [6.45, 7) is 2.47. The maximum Gasteiger partial charge on any atom is 0.335 e. The van der Waals surface area contributed by atoms with Crippen LogP contribution >= 0.6 is 0 Å². The molecule has 0 radical (unpaired) electrons. The van der Waals surface area contributed by atoms with Crippen LogP contribution in [0.4, 0.5) is 5.82 Å². The molecule has 0 bridgehead atoms. The van der Waals surface area contributed by atoms with E-state index in [-0.39, 0.29) is 5.56 Å². The van der Waals surface area contributed by atoms with Crippen molar-refractivity contribution in [1.82, 2.24) is 15.1 Å². The smallest absolute Gasteiger partial charge is 0.335 e. The highest BCUT2D eigenvalue weighted by Crippen LogP contribution is 2.11. The van der Waals surface area contributed by atoms with Crippen molar-refractivity contribution >= 4 is 11.8 Å². The Morgan fingerprint density at radius 1 is 1.47 bits per heavy atom. The molecule has 0 fully saturated rings. The number of nitrogens with one attached hydrogen (secondary N) is 1. The van der Waals surface area contributed by atoms with E-state index in [1.807, 2.05) is 6.92 Å². The molecule has 2 rings (SSSR count). The summed E-state index contributed by atoms with van der Waals surface area (Å²) in [7, 11) is 0. The van der Waals surface area contributed by atoms with Gasteiger partial charge in [0, 0.05) is 18.7 Å². The summed E-state index contributed by atoms with van der Waals surface area (Å²) < 4.78 is 4.86. The van der Waals surface area contributed by atoms with Crippen molar-refractivity contribution in [2.45, 2.75) is 19.8 Å². The lowest BCUT2D eigenvalue weighted by Crippen LogP contribution is -2.09. The molecule has 0 unspecified atom stereocenters. The van der Waals surface area contributed by atoms with E-state index in [2.05, 4.69) is 20.4 Å². The van der Waals surface area contributed by atoms with E-state index in [9.17, 15) is 4.79 Å². The van der Waals surface area contributed by atoms with E-state index >= 15 is 0 Å². The average Bonchev–Trinajstić information content (AvgIpc) is 2.91. The molecule has 0 aliphatic carbocycles. The van der Waals surface area contributed by atoms with Crippen molar-refractivity contribution in [2.75, 3.05) is 11.9 Å². The Morgan fingerprint density at radius 3 is 2.95 bits per heavy atom. The zero-order chi connectivity index (χ0) is 13.7. The fraction of sp³-hybridized carbons (Fsp3) is 0.333. The number of pyridine rings is 1. The zero-order valence-electron chi connectivity index (χ0n) is 10.5. The van der Waals surface area contributed by atoms with Crippen molar-refractivity contribution in [1.29, 1.82) is 0 Å². The molecule has 0 saturated heterocycles. The summed E-state index contributed by atoms with van der Waals surface area (Å²) in [5, 5.41) is 15.6. The van der Waals surface area contributed by atoms with Gasteiger partial charge in [0.2, 0.25) is 5.89 Å². The number of aryl methyl sites for hydroxylation is 1. The largest absolute Gasteiger partial charge is 0.478 e. The fourth-order valence-electron chi connectivity index (χ4n) is 1.59. The van der Waals surface area contributed by atoms with Crippen LogP contribution in [0.2, 0.25) is 0 Å². The van der Waals surface area contributed by atoms with E-state index in [0.29, 0.717) is 31.1 Å². The molecule has 2 heterocycles. The first kappa shape index (κ1) is 13.0. The van der Waals surface area contributed by atoms with E-state index in [1.54, 1.807) is 6.07 Å². The minimum atomic E-state index is -0.961. The van der Waals surface area contributed by atoms with Crippen LogP contribution in [-0.4, -0.2) is 32.7 Å². The van der Waals surface area contributed by atoms with E-state index in [0.717, 1.165) is 5.69 Å². The number of carbonyl (C=O) groups is 1. The summed E-state index contributed by atoms with van der Waals surface area (Å²) in [6.07, 6.45) is 2.58. The van der Waals surface area contributed by atoms with Crippen LogP contribution in [0, 0.1) is 0 Å². The van der Waals surface area contributed by atoms with Crippen LogP contribution in [0.25, 0.3) is 0 Å². The van der Waals surface area contributed by atoms with Crippen LogP contribution < -0.4 is 5.32 Å². The lowest BCUT2D eigenvalue weighted by molar-refractivity contribution is 0.0696. The highest BCUT2D eigenvalue weighted by molar-refractivity contribution is 5.88. The standard InChI is InChI=1S/C12H14N4O3/c1-2-9-5-8(12(17)18)6-10(16-9)13-4-3-11-14-7-15-19-11/h5-7H,2-4H2,1H3,(H,13,16)(H,17,18). The second-order valence-electron chi connectivity index (χ2n) is 3.90. The predicted octanol–water partition coefficient (Wildman–Crippen LogP) is 1.38. The summed E-state index contributed by atoms with van der Waals surface area (Å²) in [6, 6.07) is 3.08. The minimum absolute atomic E-state index is 0.229. The molecule has 2 aromatic rings. The first-order valence-corrected chi connectivity index (χ1v) is 5.92. The van der Waals surface area contributed by atoms with Gasteiger partial charge in [-0.15, -0.1) is 0 Å². The number of hydrogen-bond acceptors (Lipinski definition) is 6. The maximum atomic E-state index is 11.0. The SMILES string of the molecule is CCc1cc(C(=O)O)cc(NCCc2ncno2)n1. The van der Waals surface area contributed by atoms with Crippen molar-refractivity contribution in [3.05, 3.63) is 35.6 Å². The van der Waals surface area contributed by atoms with Gasteiger partial charge in [0.05, 0.1) is 5.56 Å². The molecule has 0 aromatic carbocycles. The number of nitrogens with zero attached hydrogens (tertiary/aromatic N) is 3. The summed E-state index contributed by atoms with van der Waals surface area (Å²) in [5.41, 5.74) is 0.965. The fourth-order valence-corrected chi connectivity index (χ4v) is 1.59. The topological polar surface area (TPSA) is 101 Å². The first-order chi connectivity index (χ1) is 9.19. The number of carboxylic acids is 1. The normalized spacial score (nSPS) is 10.4. The Morgan fingerprint density at radius 2 is 2.32 bits per heavy atom. The molecule has 7 heteroatoms. The highest BCUT2D eigenvalue weighted by Gasteiger charge is 2.08. The second kappa shape index (κ2) is 5.94. The van der Waals surface area contributed by atoms with E-state index in [1.165, 1.54) is 12.4 Å². The van der Waals surface area contributed by atoms with Crippen LogP contribution in [-0.2, 0) is 12.8 Å². The molecule has 2 aromatic heterocycles. The molecular formula is C12H14N4O3. The molecule has 7 nitrogen and oxygen atoms in total. The Hall–Kier alpha value is -2.44. The molecule has 19 heavy (non-hydrogen) atoms. The van der Waals surface area contributed by atoms with Gasteiger partial charge in [0.15, 0.2) is 6.33 Å². The number of rotatable bonds is 6. The molecule has 0 amide bonds. The van der Waals surface area contributed by atoms with Gasteiger partial charge in [-0.3, -0.25) is 0 Å². The maximum absolute atomic E-state index is 11.0. The monoisotopic (exact) mass is 262 g/mol. The van der Waals surface area contributed by atoms with Gasteiger partial charge >= 0.3 is 5.97 Å².